The van der Waals surface area contributed by atoms with E-state index in [4.69, 9.17) is 0 Å². The number of hydrogen-bond donors (Lipinski definition) is 2. The van der Waals surface area contributed by atoms with Crippen molar-refractivity contribution in [1.82, 2.24) is 5.32 Å². The van der Waals surface area contributed by atoms with E-state index in [-0.39, 0.29) is 21.8 Å². The van der Waals surface area contributed by atoms with Crippen LogP contribution in [-0.2, 0) is 14.8 Å². The largest absolute Gasteiger partial charge is 0.347 e. The highest BCUT2D eigenvalue weighted by Crippen LogP contribution is 2.27. The van der Waals surface area contributed by atoms with E-state index in [2.05, 4.69) is 10.6 Å². The predicted octanol–water partition coefficient (Wildman–Crippen LogP) is 4.50. The number of para-hydroxylation sites is 2. The molecule has 0 spiro atoms. The molecule has 0 aliphatic carbocycles. The van der Waals surface area contributed by atoms with Crippen LogP contribution >= 0.6 is 0 Å². The molecule has 2 amide bonds. The minimum absolute atomic E-state index is 0.0795. The molecule has 0 bridgehead atoms. The first-order chi connectivity index (χ1) is 16.4. The minimum Gasteiger partial charge on any atom is -0.347 e. The number of anilines is 2. The Hall–Kier alpha value is -3.72. The number of rotatable bonds is 7. The zero-order valence-electron chi connectivity index (χ0n) is 20.0. The van der Waals surface area contributed by atoms with Crippen molar-refractivity contribution >= 4 is 33.2 Å². The lowest BCUT2D eigenvalue weighted by Gasteiger charge is -2.25. The van der Waals surface area contributed by atoms with E-state index in [0.717, 1.165) is 15.9 Å². The Balaban J connectivity index is 1.94. The molecule has 0 atom stereocenters. The van der Waals surface area contributed by atoms with E-state index in [1.54, 1.807) is 30.3 Å². The molecule has 3 rings (SSSR count). The van der Waals surface area contributed by atoms with Gasteiger partial charge in [-0.05, 0) is 64.1 Å². The SMILES string of the molecule is Cc1ccc(S(=O)(=O)N(CC(=O)Nc2ccccc2C(=O)NC(C)(C)C)c2ccccc2F)cc1. The van der Waals surface area contributed by atoms with Gasteiger partial charge in [-0.15, -0.1) is 0 Å². The second-order valence-electron chi connectivity index (χ2n) is 9.07. The predicted molar refractivity (Wildman–Crippen MR) is 134 cm³/mol. The third-order valence-electron chi connectivity index (χ3n) is 4.95. The number of halogens is 1. The molecule has 0 saturated heterocycles. The Kier molecular flexibility index (Phi) is 7.60. The summed E-state index contributed by atoms with van der Waals surface area (Å²) in [7, 11) is -4.28. The van der Waals surface area contributed by atoms with Crippen LogP contribution in [0.25, 0.3) is 0 Å². The number of carbonyl (C=O) groups excluding carboxylic acids is 2. The van der Waals surface area contributed by atoms with Crippen LogP contribution in [0.1, 0.15) is 36.7 Å². The summed E-state index contributed by atoms with van der Waals surface area (Å²) in [6.07, 6.45) is 0. The number of sulfonamides is 1. The molecule has 2 N–H and O–H groups in total. The number of nitrogens with zero attached hydrogens (tertiary/aromatic N) is 1. The van der Waals surface area contributed by atoms with Crippen LogP contribution in [-0.4, -0.2) is 32.3 Å². The molecule has 0 aliphatic heterocycles. The molecule has 3 aromatic rings. The van der Waals surface area contributed by atoms with Gasteiger partial charge in [0.2, 0.25) is 5.91 Å². The first kappa shape index (κ1) is 25.9. The van der Waals surface area contributed by atoms with Crippen molar-refractivity contribution in [2.24, 2.45) is 0 Å². The van der Waals surface area contributed by atoms with Crippen molar-refractivity contribution in [2.75, 3.05) is 16.2 Å². The van der Waals surface area contributed by atoms with Crippen LogP contribution in [0.4, 0.5) is 15.8 Å². The first-order valence-corrected chi connectivity index (χ1v) is 12.4. The van der Waals surface area contributed by atoms with Gasteiger partial charge < -0.3 is 10.6 Å². The zero-order valence-corrected chi connectivity index (χ0v) is 20.8. The lowest BCUT2D eigenvalue weighted by atomic mass is 10.1. The molecule has 184 valence electrons. The summed E-state index contributed by atoms with van der Waals surface area (Å²) in [6, 6.07) is 17.8. The van der Waals surface area contributed by atoms with Crippen molar-refractivity contribution in [3.8, 4) is 0 Å². The number of amides is 2. The van der Waals surface area contributed by atoms with Crippen molar-refractivity contribution in [3.63, 3.8) is 0 Å². The maximum atomic E-state index is 14.7. The molecule has 0 saturated carbocycles. The number of hydrogen-bond acceptors (Lipinski definition) is 4. The third kappa shape index (κ3) is 6.45. The van der Waals surface area contributed by atoms with E-state index in [0.29, 0.717) is 0 Å². The van der Waals surface area contributed by atoms with Gasteiger partial charge in [-0.3, -0.25) is 13.9 Å². The highest BCUT2D eigenvalue weighted by molar-refractivity contribution is 7.92. The maximum Gasteiger partial charge on any atom is 0.264 e. The Bertz CT molecular complexity index is 1330. The maximum absolute atomic E-state index is 14.7. The molecule has 7 nitrogen and oxygen atoms in total. The molecule has 9 heteroatoms. The van der Waals surface area contributed by atoms with Crippen molar-refractivity contribution < 1.29 is 22.4 Å². The fourth-order valence-electron chi connectivity index (χ4n) is 3.31. The quantitative estimate of drug-likeness (QED) is 0.503. The molecular formula is C26H28FN3O4S. The highest BCUT2D eigenvalue weighted by Gasteiger charge is 2.29. The van der Waals surface area contributed by atoms with Gasteiger partial charge >= 0.3 is 0 Å². The van der Waals surface area contributed by atoms with Gasteiger partial charge in [0.25, 0.3) is 15.9 Å². The monoisotopic (exact) mass is 497 g/mol. The molecule has 0 unspecified atom stereocenters. The van der Waals surface area contributed by atoms with Crippen LogP contribution in [0.3, 0.4) is 0 Å². The van der Waals surface area contributed by atoms with Crippen LogP contribution in [0, 0.1) is 12.7 Å². The van der Waals surface area contributed by atoms with Crippen molar-refractivity contribution in [3.05, 3.63) is 89.7 Å². The second kappa shape index (κ2) is 10.3. The standard InChI is InChI=1S/C26H28FN3O4S/c1-18-13-15-19(16-14-18)35(33,34)30(23-12-8-6-10-21(23)27)17-24(31)28-22-11-7-5-9-20(22)25(32)29-26(2,3)4/h5-16H,17H2,1-4H3,(H,28,31)(H,29,32). The van der Waals surface area contributed by atoms with Gasteiger partial charge in [0, 0.05) is 5.54 Å². The summed E-state index contributed by atoms with van der Waals surface area (Å²) in [5.41, 5.74) is 0.513. The topological polar surface area (TPSA) is 95.6 Å². The number of nitrogens with one attached hydrogen (secondary N) is 2. The smallest absolute Gasteiger partial charge is 0.264 e. The normalized spacial score (nSPS) is 11.6. The Morgan fingerprint density at radius 2 is 1.51 bits per heavy atom. The fourth-order valence-corrected chi connectivity index (χ4v) is 4.74. The van der Waals surface area contributed by atoms with E-state index < -0.39 is 39.7 Å². The summed E-state index contributed by atoms with van der Waals surface area (Å²) in [5, 5.41) is 5.43. The lowest BCUT2D eigenvalue weighted by molar-refractivity contribution is -0.114. The highest BCUT2D eigenvalue weighted by atomic mass is 32.2. The summed E-state index contributed by atoms with van der Waals surface area (Å²) in [5.74, 6) is -1.92. The van der Waals surface area contributed by atoms with Crippen LogP contribution in [0.5, 0.6) is 0 Å². The third-order valence-corrected chi connectivity index (χ3v) is 6.73. The van der Waals surface area contributed by atoms with Gasteiger partial charge in [0.1, 0.15) is 12.4 Å². The lowest BCUT2D eigenvalue weighted by Crippen LogP contribution is -2.41. The van der Waals surface area contributed by atoms with Gasteiger partial charge in [-0.1, -0.05) is 42.0 Å². The molecule has 0 aliphatic rings. The molecule has 35 heavy (non-hydrogen) atoms. The summed E-state index contributed by atoms with van der Waals surface area (Å²) < 4.78 is 42.2. The van der Waals surface area contributed by atoms with Crippen LogP contribution < -0.4 is 14.9 Å². The van der Waals surface area contributed by atoms with Gasteiger partial charge in [0.05, 0.1) is 21.8 Å². The molecule has 0 aromatic heterocycles. The minimum atomic E-state index is -4.28. The summed E-state index contributed by atoms with van der Waals surface area (Å²) in [6.45, 7) is 6.59. The zero-order chi connectivity index (χ0) is 25.8. The Morgan fingerprint density at radius 1 is 0.914 bits per heavy atom. The van der Waals surface area contributed by atoms with E-state index >= 15 is 0 Å². The molecule has 0 fully saturated rings. The number of benzene rings is 3. The summed E-state index contributed by atoms with van der Waals surface area (Å²) >= 11 is 0. The Morgan fingerprint density at radius 3 is 2.14 bits per heavy atom. The summed E-state index contributed by atoms with van der Waals surface area (Å²) in [4.78, 5) is 25.7. The van der Waals surface area contributed by atoms with Gasteiger partial charge in [-0.25, -0.2) is 12.8 Å². The number of carbonyl (C=O) groups is 2. The van der Waals surface area contributed by atoms with Crippen LogP contribution in [0.2, 0.25) is 0 Å². The van der Waals surface area contributed by atoms with Gasteiger partial charge in [-0.2, -0.15) is 0 Å². The number of aryl methyl sites for hydroxylation is 1. The molecular weight excluding hydrogens is 469 g/mol. The van der Waals surface area contributed by atoms with Crippen LogP contribution in [0.15, 0.2) is 77.7 Å². The molecule has 3 aromatic carbocycles. The Labute approximate surface area is 205 Å². The van der Waals surface area contributed by atoms with E-state index in [9.17, 15) is 22.4 Å². The van der Waals surface area contributed by atoms with E-state index in [1.807, 2.05) is 27.7 Å². The molecule has 0 heterocycles. The first-order valence-electron chi connectivity index (χ1n) is 10.9. The second-order valence-corrected chi connectivity index (χ2v) is 10.9. The fraction of sp³-hybridized carbons (Fsp3) is 0.231. The van der Waals surface area contributed by atoms with Crippen molar-refractivity contribution in [1.29, 1.82) is 0 Å². The average molecular weight is 498 g/mol. The average Bonchev–Trinajstić information content (AvgIpc) is 2.77. The van der Waals surface area contributed by atoms with Crippen molar-refractivity contribution in [2.45, 2.75) is 38.1 Å². The van der Waals surface area contributed by atoms with E-state index in [1.165, 1.54) is 36.4 Å². The molecule has 0 radical (unpaired) electrons. The van der Waals surface area contributed by atoms with Gasteiger partial charge in [0.15, 0.2) is 0 Å².